The zero-order valence-electron chi connectivity index (χ0n) is 20.7. The number of anilines is 1. The van der Waals surface area contributed by atoms with Crippen molar-refractivity contribution in [3.05, 3.63) is 77.9 Å². The molecule has 1 fully saturated rings. The Labute approximate surface area is 214 Å². The summed E-state index contributed by atoms with van der Waals surface area (Å²) >= 11 is 0. The fourth-order valence-corrected chi connectivity index (χ4v) is 4.14. The largest absolute Gasteiger partial charge is 0.497 e. The van der Waals surface area contributed by atoms with Gasteiger partial charge in [0.05, 0.1) is 21.3 Å². The van der Waals surface area contributed by atoms with E-state index in [4.69, 9.17) is 18.9 Å². The van der Waals surface area contributed by atoms with Crippen LogP contribution in [0.25, 0.3) is 0 Å². The Hall–Kier alpha value is -3.09. The highest BCUT2D eigenvalue weighted by atomic mass is 35.5. The average Bonchev–Trinajstić information content (AvgIpc) is 2.91. The first-order valence-electron chi connectivity index (χ1n) is 11.7. The molecule has 1 saturated heterocycles. The van der Waals surface area contributed by atoms with Crippen LogP contribution in [-0.2, 0) is 13.0 Å². The Morgan fingerprint density at radius 2 is 1.17 bits per heavy atom. The molecule has 1 aliphatic rings. The Morgan fingerprint density at radius 3 is 1.74 bits per heavy atom. The fraction of sp³-hybridized carbons (Fsp3) is 0.357. The van der Waals surface area contributed by atoms with Crippen LogP contribution in [0, 0.1) is 0 Å². The second-order valence-corrected chi connectivity index (χ2v) is 8.43. The highest BCUT2D eigenvalue weighted by Gasteiger charge is 2.17. The highest BCUT2D eigenvalue weighted by molar-refractivity contribution is 5.85. The minimum Gasteiger partial charge on any atom is -0.497 e. The number of halogens is 1. The third-order valence-electron chi connectivity index (χ3n) is 6.28. The maximum Gasteiger partial charge on any atom is 0.127 e. The van der Waals surface area contributed by atoms with Crippen LogP contribution in [0.4, 0.5) is 5.69 Å². The van der Waals surface area contributed by atoms with E-state index in [9.17, 15) is 0 Å². The Morgan fingerprint density at radius 1 is 0.629 bits per heavy atom. The lowest BCUT2D eigenvalue weighted by molar-refractivity contribution is 0.261. The molecule has 0 saturated carbocycles. The zero-order chi connectivity index (χ0) is 23.8. The van der Waals surface area contributed by atoms with Gasteiger partial charge in [0.15, 0.2) is 0 Å². The monoisotopic (exact) mass is 498 g/mol. The van der Waals surface area contributed by atoms with E-state index >= 15 is 0 Å². The van der Waals surface area contributed by atoms with Crippen LogP contribution < -0.4 is 23.8 Å². The van der Waals surface area contributed by atoms with E-state index in [2.05, 4.69) is 46.2 Å². The van der Waals surface area contributed by atoms with Crippen molar-refractivity contribution in [2.24, 2.45) is 0 Å². The summed E-state index contributed by atoms with van der Waals surface area (Å²) in [5, 5.41) is 0. The first kappa shape index (κ1) is 26.5. The fourth-order valence-electron chi connectivity index (χ4n) is 4.14. The quantitative estimate of drug-likeness (QED) is 0.388. The van der Waals surface area contributed by atoms with Gasteiger partial charge < -0.3 is 23.8 Å². The van der Waals surface area contributed by atoms with Crippen LogP contribution >= 0.6 is 12.4 Å². The minimum atomic E-state index is 0. The summed E-state index contributed by atoms with van der Waals surface area (Å²) < 4.78 is 21.8. The van der Waals surface area contributed by atoms with Crippen molar-refractivity contribution in [3.8, 4) is 23.0 Å². The molecule has 0 unspecified atom stereocenters. The molecule has 4 rings (SSSR count). The number of hydrogen-bond donors (Lipinski definition) is 0. The van der Waals surface area contributed by atoms with Gasteiger partial charge in [0.2, 0.25) is 0 Å². The molecular weight excluding hydrogens is 464 g/mol. The molecule has 6 nitrogen and oxygen atoms in total. The molecule has 0 radical (unpaired) electrons. The van der Waals surface area contributed by atoms with Crippen LogP contribution in [0.5, 0.6) is 23.0 Å². The number of piperazine rings is 1. The Balaban J connectivity index is 0.00000342. The number of methoxy groups -OCH3 is 3. The van der Waals surface area contributed by atoms with E-state index in [0.717, 1.165) is 67.7 Å². The molecule has 0 atom stereocenters. The van der Waals surface area contributed by atoms with Crippen molar-refractivity contribution in [2.75, 3.05) is 59.0 Å². The van der Waals surface area contributed by atoms with E-state index in [-0.39, 0.29) is 12.4 Å². The summed E-state index contributed by atoms with van der Waals surface area (Å²) in [7, 11) is 4.98. The average molecular weight is 499 g/mol. The summed E-state index contributed by atoms with van der Waals surface area (Å²) in [6, 6.07) is 22.6. The molecule has 0 N–H and O–H groups in total. The molecule has 7 heteroatoms. The number of nitrogens with zero attached hydrogens (tertiary/aromatic N) is 2. The lowest BCUT2D eigenvalue weighted by Gasteiger charge is -2.36. The third-order valence-corrected chi connectivity index (χ3v) is 6.28. The molecule has 0 aromatic heterocycles. The van der Waals surface area contributed by atoms with Crippen LogP contribution in [0.2, 0.25) is 0 Å². The zero-order valence-corrected chi connectivity index (χ0v) is 21.6. The summed E-state index contributed by atoms with van der Waals surface area (Å²) in [5.41, 5.74) is 3.76. The van der Waals surface area contributed by atoms with Crippen molar-refractivity contribution in [1.29, 1.82) is 0 Å². The molecule has 3 aromatic carbocycles. The molecule has 0 aliphatic carbocycles. The number of rotatable bonds is 10. The molecule has 1 heterocycles. The lowest BCUT2D eigenvalue weighted by atomic mass is 10.1. The summed E-state index contributed by atoms with van der Waals surface area (Å²) in [6.07, 6.45) is 1.05. The van der Waals surface area contributed by atoms with Crippen LogP contribution in [0.15, 0.2) is 66.7 Å². The van der Waals surface area contributed by atoms with Crippen LogP contribution in [-0.4, -0.2) is 59.0 Å². The SMILES string of the molecule is COc1ccc(N2CCN(CCc3ccc(COc4cc(OC)cc(OC)c4)cc3)CC2)cc1.Cl. The molecule has 0 amide bonds. The van der Waals surface area contributed by atoms with E-state index in [1.807, 2.05) is 30.3 Å². The Bertz CT molecular complexity index is 1010. The van der Waals surface area contributed by atoms with E-state index in [1.165, 1.54) is 11.3 Å². The first-order chi connectivity index (χ1) is 16.7. The molecule has 188 valence electrons. The van der Waals surface area contributed by atoms with Crippen molar-refractivity contribution in [3.63, 3.8) is 0 Å². The summed E-state index contributed by atoms with van der Waals surface area (Å²) in [6.45, 7) is 5.86. The van der Waals surface area contributed by atoms with Crippen molar-refractivity contribution in [1.82, 2.24) is 4.90 Å². The minimum absolute atomic E-state index is 0. The molecule has 3 aromatic rings. The van der Waals surface area contributed by atoms with Crippen LogP contribution in [0.3, 0.4) is 0 Å². The molecule has 0 bridgehead atoms. The molecule has 35 heavy (non-hydrogen) atoms. The summed E-state index contributed by atoms with van der Waals surface area (Å²) in [5.74, 6) is 3.07. The normalized spacial score (nSPS) is 13.6. The molecular formula is C28H35ClN2O4. The maximum absolute atomic E-state index is 5.95. The number of hydrogen-bond acceptors (Lipinski definition) is 6. The van der Waals surface area contributed by atoms with Gasteiger partial charge >= 0.3 is 0 Å². The third kappa shape index (κ3) is 7.44. The lowest BCUT2D eigenvalue weighted by Crippen LogP contribution is -2.46. The summed E-state index contributed by atoms with van der Waals surface area (Å²) in [4.78, 5) is 5.00. The smallest absolute Gasteiger partial charge is 0.127 e. The van der Waals surface area contributed by atoms with E-state index in [1.54, 1.807) is 21.3 Å². The van der Waals surface area contributed by atoms with Gasteiger partial charge in [0.1, 0.15) is 29.6 Å². The predicted molar refractivity (Wildman–Crippen MR) is 143 cm³/mol. The van der Waals surface area contributed by atoms with Crippen molar-refractivity contribution >= 4 is 18.1 Å². The van der Waals surface area contributed by atoms with Gasteiger partial charge in [0.25, 0.3) is 0 Å². The topological polar surface area (TPSA) is 43.4 Å². The van der Waals surface area contributed by atoms with Gasteiger partial charge in [-0.05, 0) is 41.8 Å². The standard InChI is InChI=1S/C28H34N2O4.ClH/c1-31-25-10-8-24(9-11-25)30-16-14-29(15-17-30)13-12-22-4-6-23(7-5-22)21-34-28-19-26(32-2)18-27(20-28)33-3;/h4-11,18-20H,12-17,21H2,1-3H3;1H. The van der Waals surface area contributed by atoms with Crippen molar-refractivity contribution < 1.29 is 18.9 Å². The highest BCUT2D eigenvalue weighted by Crippen LogP contribution is 2.28. The second-order valence-electron chi connectivity index (χ2n) is 8.43. The van der Waals surface area contributed by atoms with E-state index < -0.39 is 0 Å². The maximum atomic E-state index is 5.95. The van der Waals surface area contributed by atoms with Gasteiger partial charge in [-0.1, -0.05) is 24.3 Å². The molecule has 0 spiro atoms. The number of ether oxygens (including phenoxy) is 4. The van der Waals surface area contributed by atoms with Crippen LogP contribution in [0.1, 0.15) is 11.1 Å². The van der Waals surface area contributed by atoms with Crippen molar-refractivity contribution in [2.45, 2.75) is 13.0 Å². The van der Waals surface area contributed by atoms with E-state index in [0.29, 0.717) is 6.61 Å². The Kier molecular flexibility index (Phi) is 9.94. The van der Waals surface area contributed by atoms with Gasteiger partial charge in [0, 0.05) is 56.6 Å². The second kappa shape index (κ2) is 13.1. The molecule has 1 aliphatic heterocycles. The number of benzene rings is 3. The van der Waals surface area contributed by atoms with Gasteiger partial charge in [-0.15, -0.1) is 12.4 Å². The van der Waals surface area contributed by atoms with Gasteiger partial charge in [-0.3, -0.25) is 4.90 Å². The van der Waals surface area contributed by atoms with Gasteiger partial charge in [-0.25, -0.2) is 0 Å². The van der Waals surface area contributed by atoms with Gasteiger partial charge in [-0.2, -0.15) is 0 Å². The predicted octanol–water partition coefficient (Wildman–Crippen LogP) is 5.08. The first-order valence-corrected chi connectivity index (χ1v) is 11.7.